The van der Waals surface area contributed by atoms with Crippen LogP contribution in [0.25, 0.3) is 11.2 Å². The van der Waals surface area contributed by atoms with Gasteiger partial charge in [-0.1, -0.05) is 12.1 Å². The summed E-state index contributed by atoms with van der Waals surface area (Å²) in [5.74, 6) is -1.24. The first-order valence-corrected chi connectivity index (χ1v) is 10.1. The van der Waals surface area contributed by atoms with Gasteiger partial charge in [-0.3, -0.25) is 4.79 Å². The topological polar surface area (TPSA) is 120 Å². The van der Waals surface area contributed by atoms with E-state index in [1.807, 2.05) is 13.8 Å². The monoisotopic (exact) mass is 471 g/mol. The van der Waals surface area contributed by atoms with Gasteiger partial charge in [0, 0.05) is 11.6 Å². The number of benzene rings is 2. The van der Waals surface area contributed by atoms with Crippen molar-refractivity contribution >= 4 is 40.1 Å². The number of ether oxygens (including phenoxy) is 1. The summed E-state index contributed by atoms with van der Waals surface area (Å²) in [6.07, 6.45) is -1.92. The molecule has 2 heterocycles. The first kappa shape index (κ1) is 22.8. The van der Waals surface area contributed by atoms with Crippen LogP contribution in [-0.4, -0.2) is 31.8 Å². The molecule has 0 saturated heterocycles. The van der Waals surface area contributed by atoms with Crippen LogP contribution in [0.1, 0.15) is 30.2 Å². The van der Waals surface area contributed by atoms with Crippen LogP contribution in [0.3, 0.4) is 0 Å². The summed E-state index contributed by atoms with van der Waals surface area (Å²) in [6.45, 7) is 3.89. The number of carbonyl (C=O) groups is 1. The van der Waals surface area contributed by atoms with Crippen LogP contribution in [0, 0.1) is 0 Å². The number of anilines is 4. The predicted octanol–water partition coefficient (Wildman–Crippen LogP) is 4.88. The highest BCUT2D eigenvalue weighted by molar-refractivity contribution is 6.06. The van der Waals surface area contributed by atoms with E-state index in [9.17, 15) is 18.0 Å². The number of nitrogens with zero attached hydrogens (tertiary/aromatic N) is 4. The van der Waals surface area contributed by atoms with E-state index >= 15 is 0 Å². The number of nitrogens with one attached hydrogen (secondary N) is 2. The molecule has 4 aromatic rings. The molecule has 176 valence electrons. The summed E-state index contributed by atoms with van der Waals surface area (Å²) in [5.41, 5.74) is 7.36. The molecular weight excluding hydrogens is 451 g/mol. The highest BCUT2D eigenvalue weighted by Gasteiger charge is 2.32. The number of amides is 1. The maximum atomic E-state index is 13.1. The van der Waals surface area contributed by atoms with Crippen molar-refractivity contribution in [3.63, 3.8) is 0 Å². The molecule has 12 heteroatoms. The van der Waals surface area contributed by atoms with Crippen molar-refractivity contribution in [1.29, 1.82) is 0 Å². The van der Waals surface area contributed by atoms with Crippen LogP contribution in [0.2, 0.25) is 0 Å². The number of carbonyl (C=O) groups excluding carboxylic acids is 1. The minimum absolute atomic E-state index is 0.0381. The van der Waals surface area contributed by atoms with Gasteiger partial charge in [0.2, 0.25) is 5.95 Å². The number of rotatable bonds is 6. The molecule has 0 fully saturated rings. The molecule has 4 rings (SSSR count). The molecule has 34 heavy (non-hydrogen) atoms. The van der Waals surface area contributed by atoms with Crippen molar-refractivity contribution in [1.82, 2.24) is 19.5 Å². The second-order valence-corrected chi connectivity index (χ2v) is 7.57. The summed E-state index contributed by atoms with van der Waals surface area (Å²) in [6, 6.07) is 10.2. The van der Waals surface area contributed by atoms with Crippen molar-refractivity contribution in [2.75, 3.05) is 16.4 Å². The first-order chi connectivity index (χ1) is 16.1. The Labute approximate surface area is 191 Å². The van der Waals surface area contributed by atoms with Crippen LogP contribution >= 0.6 is 0 Å². The Kier molecular flexibility index (Phi) is 5.97. The van der Waals surface area contributed by atoms with Gasteiger partial charge in [0.15, 0.2) is 11.4 Å². The molecule has 0 unspecified atom stereocenters. The predicted molar refractivity (Wildman–Crippen MR) is 121 cm³/mol. The van der Waals surface area contributed by atoms with Gasteiger partial charge in [-0.2, -0.15) is 4.98 Å². The number of nitrogens with two attached hydrogens (primary N) is 1. The SMILES string of the molecule is CC(C)n1cnc2cnc(Nc3ccc(C(=O)Nc4ccccc4N)cc3OC(F)(F)F)nc21. The zero-order chi connectivity index (χ0) is 24.5. The Morgan fingerprint density at radius 1 is 1.12 bits per heavy atom. The molecule has 0 saturated carbocycles. The fourth-order valence-corrected chi connectivity index (χ4v) is 3.17. The van der Waals surface area contributed by atoms with Crippen LogP contribution in [0.4, 0.5) is 36.2 Å². The number of imidazole rings is 1. The molecule has 4 N–H and O–H groups in total. The van der Waals surface area contributed by atoms with E-state index < -0.39 is 18.0 Å². The number of halogens is 3. The van der Waals surface area contributed by atoms with Crippen molar-refractivity contribution in [2.45, 2.75) is 26.3 Å². The summed E-state index contributed by atoms with van der Waals surface area (Å²) >= 11 is 0. The highest BCUT2D eigenvalue weighted by atomic mass is 19.4. The van der Waals surface area contributed by atoms with Gasteiger partial charge in [0.25, 0.3) is 5.91 Å². The molecule has 0 aliphatic carbocycles. The Balaban J connectivity index is 1.65. The van der Waals surface area contributed by atoms with E-state index in [2.05, 4.69) is 30.3 Å². The zero-order valence-electron chi connectivity index (χ0n) is 18.1. The average Bonchev–Trinajstić information content (AvgIpc) is 3.19. The number of hydrogen-bond acceptors (Lipinski definition) is 7. The van der Waals surface area contributed by atoms with Crippen molar-refractivity contribution in [3.8, 4) is 5.75 Å². The molecule has 1 amide bonds. The van der Waals surface area contributed by atoms with Crippen molar-refractivity contribution < 1.29 is 22.7 Å². The largest absolute Gasteiger partial charge is 0.573 e. The minimum Gasteiger partial charge on any atom is -0.404 e. The maximum absolute atomic E-state index is 13.1. The van der Waals surface area contributed by atoms with Gasteiger partial charge >= 0.3 is 6.36 Å². The molecule has 0 aliphatic heterocycles. The van der Waals surface area contributed by atoms with E-state index in [1.165, 1.54) is 18.3 Å². The molecule has 0 atom stereocenters. The van der Waals surface area contributed by atoms with E-state index in [1.54, 1.807) is 35.2 Å². The normalized spacial score (nSPS) is 11.6. The van der Waals surface area contributed by atoms with Gasteiger partial charge < -0.3 is 25.7 Å². The van der Waals surface area contributed by atoms with Crippen molar-refractivity contribution in [3.05, 3.63) is 60.6 Å². The minimum atomic E-state index is -4.99. The maximum Gasteiger partial charge on any atom is 0.573 e. The standard InChI is InChI=1S/C22H20F3N7O2/c1-12(2)32-11-28-17-10-27-21(31-19(17)32)30-16-8-7-13(9-18(16)34-22(23,24)25)20(33)29-15-6-4-3-5-14(15)26/h3-12H,26H2,1-2H3,(H,29,33)(H,27,30,31). The third-order valence-corrected chi connectivity index (χ3v) is 4.80. The number of fused-ring (bicyclic) bond motifs is 1. The molecule has 9 nitrogen and oxygen atoms in total. The Morgan fingerprint density at radius 3 is 2.59 bits per heavy atom. The van der Waals surface area contributed by atoms with Crippen LogP contribution in [0.5, 0.6) is 5.75 Å². The van der Waals surface area contributed by atoms with Gasteiger partial charge in [0.1, 0.15) is 5.52 Å². The Morgan fingerprint density at radius 2 is 1.88 bits per heavy atom. The number of alkyl halides is 3. The Hall–Kier alpha value is -4.35. The smallest absolute Gasteiger partial charge is 0.404 e. The third kappa shape index (κ3) is 5.00. The number of para-hydroxylation sites is 2. The molecule has 0 spiro atoms. The molecule has 2 aromatic carbocycles. The zero-order valence-corrected chi connectivity index (χ0v) is 18.1. The quantitative estimate of drug-likeness (QED) is 0.343. The van der Waals surface area contributed by atoms with Crippen molar-refractivity contribution in [2.24, 2.45) is 0 Å². The summed E-state index contributed by atoms with van der Waals surface area (Å²) in [5, 5.41) is 5.29. The van der Waals surface area contributed by atoms with E-state index in [4.69, 9.17) is 5.73 Å². The average molecular weight is 471 g/mol. The lowest BCUT2D eigenvalue weighted by molar-refractivity contribution is -0.274. The fourth-order valence-electron chi connectivity index (χ4n) is 3.17. The molecule has 2 aromatic heterocycles. The Bertz CT molecular complexity index is 1350. The first-order valence-electron chi connectivity index (χ1n) is 10.1. The van der Waals surface area contributed by atoms with Gasteiger partial charge in [-0.05, 0) is 44.2 Å². The van der Waals surface area contributed by atoms with Gasteiger partial charge in [-0.15, -0.1) is 13.2 Å². The summed E-state index contributed by atoms with van der Waals surface area (Å²) in [4.78, 5) is 25.3. The lowest BCUT2D eigenvalue weighted by Crippen LogP contribution is -2.19. The van der Waals surface area contributed by atoms with Crippen LogP contribution < -0.4 is 21.1 Å². The van der Waals surface area contributed by atoms with Crippen LogP contribution in [-0.2, 0) is 0 Å². The number of nitrogen functional groups attached to an aromatic ring is 1. The second-order valence-electron chi connectivity index (χ2n) is 7.57. The molecule has 0 radical (unpaired) electrons. The summed E-state index contributed by atoms with van der Waals surface area (Å²) in [7, 11) is 0. The lowest BCUT2D eigenvalue weighted by atomic mass is 10.1. The second kappa shape index (κ2) is 8.89. The summed E-state index contributed by atoms with van der Waals surface area (Å²) < 4.78 is 45.2. The van der Waals surface area contributed by atoms with Gasteiger partial charge in [-0.25, -0.2) is 9.97 Å². The van der Waals surface area contributed by atoms with E-state index in [0.717, 1.165) is 6.07 Å². The van der Waals surface area contributed by atoms with E-state index in [-0.39, 0.29) is 23.2 Å². The highest BCUT2D eigenvalue weighted by Crippen LogP contribution is 2.33. The molecule has 0 aliphatic rings. The fraction of sp³-hybridized carbons (Fsp3) is 0.182. The van der Waals surface area contributed by atoms with Gasteiger partial charge in [0.05, 0.1) is 29.6 Å². The third-order valence-electron chi connectivity index (χ3n) is 4.80. The van der Waals surface area contributed by atoms with E-state index in [0.29, 0.717) is 22.5 Å². The lowest BCUT2D eigenvalue weighted by Gasteiger charge is -2.16. The number of hydrogen-bond donors (Lipinski definition) is 3. The molecular formula is C22H20F3N7O2. The molecule has 0 bridgehead atoms. The van der Waals surface area contributed by atoms with Crippen LogP contribution in [0.15, 0.2) is 55.0 Å². The number of aromatic nitrogens is 4.